The fraction of sp³-hybridized carbons (Fsp3) is 0.615. The van der Waals surface area contributed by atoms with Crippen molar-refractivity contribution in [3.8, 4) is 0 Å². The quantitative estimate of drug-likeness (QED) is 0.713. The zero-order chi connectivity index (χ0) is 11.2. The maximum Gasteiger partial charge on any atom is 0.134 e. The van der Waals surface area contributed by atoms with E-state index in [0.717, 1.165) is 18.8 Å². The Bertz CT molecular complexity index is 355. The molecule has 0 bridgehead atoms. The number of rotatable bonds is 5. The molecule has 1 aromatic heterocycles. The summed E-state index contributed by atoms with van der Waals surface area (Å²) in [6, 6.07) is 0. The first-order chi connectivity index (χ1) is 7.90. The molecule has 1 aliphatic carbocycles. The van der Waals surface area contributed by atoms with Gasteiger partial charge in [0.2, 0.25) is 0 Å². The van der Waals surface area contributed by atoms with Crippen molar-refractivity contribution in [3.05, 3.63) is 29.9 Å². The molecule has 16 heavy (non-hydrogen) atoms. The van der Waals surface area contributed by atoms with Gasteiger partial charge in [-0.05, 0) is 32.1 Å². The predicted molar refractivity (Wildman–Crippen MR) is 64.1 cm³/mol. The number of allylic oxidation sites excluding steroid dienone is 2. The normalized spacial score (nSPS) is 16.2. The highest BCUT2D eigenvalue weighted by Crippen LogP contribution is 2.20. The second-order valence-electron chi connectivity index (χ2n) is 4.33. The van der Waals surface area contributed by atoms with Crippen molar-refractivity contribution in [3.63, 3.8) is 0 Å². The molecule has 0 atom stereocenters. The number of hydrogen-bond acceptors (Lipinski definition) is 2. The van der Waals surface area contributed by atoms with Crippen LogP contribution >= 0.6 is 0 Å². The van der Waals surface area contributed by atoms with Crippen molar-refractivity contribution in [2.45, 2.75) is 45.3 Å². The Morgan fingerprint density at radius 3 is 3.12 bits per heavy atom. The van der Waals surface area contributed by atoms with Gasteiger partial charge in [-0.1, -0.05) is 11.6 Å². The number of methoxy groups -OCH3 is 1. The number of hydrogen-bond donors (Lipinski definition) is 0. The van der Waals surface area contributed by atoms with Crippen molar-refractivity contribution >= 4 is 0 Å². The third-order valence-corrected chi connectivity index (χ3v) is 3.13. The van der Waals surface area contributed by atoms with Gasteiger partial charge in [0.1, 0.15) is 12.4 Å². The largest absolute Gasteiger partial charge is 0.377 e. The van der Waals surface area contributed by atoms with E-state index < -0.39 is 0 Å². The lowest BCUT2D eigenvalue weighted by Gasteiger charge is -2.13. The molecule has 1 aliphatic rings. The van der Waals surface area contributed by atoms with E-state index >= 15 is 0 Å². The molecule has 0 radical (unpaired) electrons. The number of ether oxygens (including phenoxy) is 1. The van der Waals surface area contributed by atoms with Crippen LogP contribution in [0.3, 0.4) is 0 Å². The molecular formula is C13H20N2O. The van der Waals surface area contributed by atoms with Gasteiger partial charge in [0.25, 0.3) is 0 Å². The Balaban J connectivity index is 1.88. The number of nitrogens with zero attached hydrogens (tertiary/aromatic N) is 2. The lowest BCUT2D eigenvalue weighted by atomic mass is 9.97. The summed E-state index contributed by atoms with van der Waals surface area (Å²) in [6.07, 6.45) is 12.7. The smallest absolute Gasteiger partial charge is 0.134 e. The Kier molecular flexibility index (Phi) is 4.17. The highest BCUT2D eigenvalue weighted by Gasteiger charge is 2.06. The molecule has 0 aliphatic heterocycles. The number of imidazole rings is 1. The molecule has 0 saturated carbocycles. The molecule has 0 spiro atoms. The maximum absolute atomic E-state index is 5.12. The Labute approximate surface area is 97.1 Å². The fourth-order valence-corrected chi connectivity index (χ4v) is 2.21. The number of aromatic nitrogens is 2. The minimum absolute atomic E-state index is 0.603. The minimum Gasteiger partial charge on any atom is -0.377 e. The standard InChI is InChI=1S/C13H20N2O/c1-16-11-13-14-8-10-15(13)9-7-12-5-3-2-4-6-12/h5,8,10H,2-4,6-7,9,11H2,1H3. The van der Waals surface area contributed by atoms with Crippen LogP contribution in [-0.4, -0.2) is 16.7 Å². The van der Waals surface area contributed by atoms with Crippen molar-refractivity contribution < 1.29 is 4.74 Å². The predicted octanol–water partition coefficient (Wildman–Crippen LogP) is 2.92. The zero-order valence-corrected chi connectivity index (χ0v) is 9.98. The molecule has 3 nitrogen and oxygen atoms in total. The van der Waals surface area contributed by atoms with Crippen LogP contribution in [0.2, 0.25) is 0 Å². The van der Waals surface area contributed by atoms with Gasteiger partial charge in [-0.3, -0.25) is 0 Å². The maximum atomic E-state index is 5.12. The van der Waals surface area contributed by atoms with Gasteiger partial charge in [0, 0.05) is 26.0 Å². The third-order valence-electron chi connectivity index (χ3n) is 3.13. The summed E-state index contributed by atoms with van der Waals surface area (Å²) in [6.45, 7) is 1.64. The van der Waals surface area contributed by atoms with Crippen LogP contribution in [0.5, 0.6) is 0 Å². The average Bonchev–Trinajstić information content (AvgIpc) is 2.76. The van der Waals surface area contributed by atoms with Crippen LogP contribution in [0.4, 0.5) is 0 Å². The number of aryl methyl sites for hydroxylation is 1. The summed E-state index contributed by atoms with van der Waals surface area (Å²) >= 11 is 0. The van der Waals surface area contributed by atoms with Gasteiger partial charge in [0.15, 0.2) is 0 Å². The van der Waals surface area contributed by atoms with Crippen molar-refractivity contribution in [2.24, 2.45) is 0 Å². The second-order valence-corrected chi connectivity index (χ2v) is 4.33. The Morgan fingerprint density at radius 2 is 2.38 bits per heavy atom. The van der Waals surface area contributed by atoms with Crippen LogP contribution < -0.4 is 0 Å². The van der Waals surface area contributed by atoms with Crippen molar-refractivity contribution in [1.82, 2.24) is 9.55 Å². The van der Waals surface area contributed by atoms with E-state index in [1.807, 2.05) is 12.4 Å². The van der Waals surface area contributed by atoms with E-state index in [4.69, 9.17) is 4.74 Å². The first-order valence-electron chi connectivity index (χ1n) is 6.07. The fourth-order valence-electron chi connectivity index (χ4n) is 2.21. The molecule has 1 aromatic rings. The molecule has 0 aromatic carbocycles. The van der Waals surface area contributed by atoms with Crippen LogP contribution in [0.15, 0.2) is 24.0 Å². The highest BCUT2D eigenvalue weighted by molar-refractivity contribution is 5.05. The molecule has 2 rings (SSSR count). The van der Waals surface area contributed by atoms with Gasteiger partial charge in [-0.25, -0.2) is 4.98 Å². The van der Waals surface area contributed by atoms with E-state index in [1.165, 1.54) is 25.7 Å². The topological polar surface area (TPSA) is 27.1 Å². The van der Waals surface area contributed by atoms with Gasteiger partial charge in [-0.2, -0.15) is 0 Å². The van der Waals surface area contributed by atoms with Crippen LogP contribution in [-0.2, 0) is 17.9 Å². The Hall–Kier alpha value is -1.09. The summed E-state index contributed by atoms with van der Waals surface area (Å²) in [5.74, 6) is 1.03. The van der Waals surface area contributed by atoms with Crippen molar-refractivity contribution in [1.29, 1.82) is 0 Å². The summed E-state index contributed by atoms with van der Waals surface area (Å²) in [5.41, 5.74) is 1.61. The molecule has 0 N–H and O–H groups in total. The molecule has 3 heteroatoms. The first-order valence-corrected chi connectivity index (χ1v) is 6.07. The van der Waals surface area contributed by atoms with Crippen molar-refractivity contribution in [2.75, 3.05) is 7.11 Å². The minimum atomic E-state index is 0.603. The van der Waals surface area contributed by atoms with E-state index in [2.05, 4.69) is 15.6 Å². The lowest BCUT2D eigenvalue weighted by Crippen LogP contribution is -2.05. The summed E-state index contributed by atoms with van der Waals surface area (Å²) in [7, 11) is 1.71. The van der Waals surface area contributed by atoms with E-state index in [0.29, 0.717) is 6.61 Å². The van der Waals surface area contributed by atoms with Gasteiger partial charge >= 0.3 is 0 Å². The van der Waals surface area contributed by atoms with E-state index in [-0.39, 0.29) is 0 Å². The zero-order valence-electron chi connectivity index (χ0n) is 9.98. The molecule has 88 valence electrons. The Morgan fingerprint density at radius 1 is 1.44 bits per heavy atom. The van der Waals surface area contributed by atoms with Gasteiger partial charge in [0.05, 0.1) is 0 Å². The molecule has 0 amide bonds. The summed E-state index contributed by atoms with van der Waals surface area (Å²) in [5, 5.41) is 0. The molecule has 0 fully saturated rings. The van der Waals surface area contributed by atoms with Crippen LogP contribution in [0.25, 0.3) is 0 Å². The molecular weight excluding hydrogens is 200 g/mol. The monoisotopic (exact) mass is 220 g/mol. The third kappa shape index (κ3) is 2.95. The van der Waals surface area contributed by atoms with Crippen LogP contribution in [0.1, 0.15) is 37.9 Å². The highest BCUT2D eigenvalue weighted by atomic mass is 16.5. The summed E-state index contributed by atoms with van der Waals surface area (Å²) in [4.78, 5) is 4.29. The first kappa shape index (κ1) is 11.4. The summed E-state index contributed by atoms with van der Waals surface area (Å²) < 4.78 is 7.31. The SMILES string of the molecule is COCc1nccn1CCC1=CCCCC1. The molecule has 0 saturated heterocycles. The second kappa shape index (κ2) is 5.85. The van der Waals surface area contributed by atoms with Gasteiger partial charge in [-0.15, -0.1) is 0 Å². The van der Waals surface area contributed by atoms with Gasteiger partial charge < -0.3 is 9.30 Å². The average molecular weight is 220 g/mol. The molecule has 0 unspecified atom stereocenters. The lowest BCUT2D eigenvalue weighted by molar-refractivity contribution is 0.174. The van der Waals surface area contributed by atoms with E-state index in [9.17, 15) is 0 Å². The molecule has 1 heterocycles. The van der Waals surface area contributed by atoms with E-state index in [1.54, 1.807) is 12.7 Å². The van der Waals surface area contributed by atoms with Crippen LogP contribution in [0, 0.1) is 0 Å².